The van der Waals surface area contributed by atoms with Crippen LogP contribution in [0.15, 0.2) is 30.3 Å². The second kappa shape index (κ2) is 5.65. The van der Waals surface area contributed by atoms with E-state index in [1.54, 1.807) is 0 Å². The highest BCUT2D eigenvalue weighted by Gasteiger charge is 2.35. The molecule has 0 saturated carbocycles. The maximum atomic E-state index is 12.2. The van der Waals surface area contributed by atoms with E-state index < -0.39 is 17.9 Å². The number of ketones is 1. The molecule has 1 atom stereocenters. The molecular weight excluding hydrogens is 246 g/mol. The number of rotatable bonds is 4. The summed E-state index contributed by atoms with van der Waals surface area (Å²) in [5, 5.41) is 0. The van der Waals surface area contributed by atoms with E-state index >= 15 is 0 Å². The predicted octanol–water partition coefficient (Wildman–Crippen LogP) is 1.41. The van der Waals surface area contributed by atoms with Crippen LogP contribution in [-0.2, 0) is 20.7 Å². The normalized spacial score (nSPS) is 16.1. The molecule has 0 spiro atoms. The van der Waals surface area contributed by atoms with Crippen molar-refractivity contribution < 1.29 is 19.1 Å². The molecule has 0 N–H and O–H groups in total. The number of hydrogen-bond donors (Lipinski definition) is 0. The van der Waals surface area contributed by atoms with E-state index in [0.717, 1.165) is 10.5 Å². The molecule has 2 amide bonds. The summed E-state index contributed by atoms with van der Waals surface area (Å²) in [6.07, 6.45) is -0.358. The summed E-state index contributed by atoms with van der Waals surface area (Å²) < 4.78 is 4.72. The number of benzene rings is 1. The van der Waals surface area contributed by atoms with Crippen molar-refractivity contribution in [2.75, 3.05) is 13.2 Å². The first-order valence-electron chi connectivity index (χ1n) is 6.12. The molecule has 1 aromatic carbocycles. The van der Waals surface area contributed by atoms with E-state index in [0.29, 0.717) is 6.42 Å². The molecule has 1 aliphatic heterocycles. The minimum Gasteiger partial charge on any atom is -0.447 e. The van der Waals surface area contributed by atoms with Gasteiger partial charge in [0.25, 0.3) is 0 Å². The molecule has 1 unspecified atom stereocenters. The number of cyclic esters (lactones) is 1. The lowest BCUT2D eigenvalue weighted by Gasteiger charge is -2.18. The van der Waals surface area contributed by atoms with Crippen molar-refractivity contribution in [2.24, 2.45) is 5.92 Å². The molecule has 5 heteroatoms. The quantitative estimate of drug-likeness (QED) is 0.769. The molecule has 1 aromatic rings. The van der Waals surface area contributed by atoms with E-state index in [-0.39, 0.29) is 18.9 Å². The number of nitrogens with zero attached hydrogens (tertiary/aromatic N) is 1. The highest BCUT2D eigenvalue weighted by Crippen LogP contribution is 2.16. The number of ether oxygens (including phenoxy) is 1. The third-order valence-electron chi connectivity index (χ3n) is 3.10. The van der Waals surface area contributed by atoms with Crippen LogP contribution in [0.25, 0.3) is 0 Å². The van der Waals surface area contributed by atoms with Gasteiger partial charge in [0.1, 0.15) is 18.3 Å². The highest BCUT2D eigenvalue weighted by molar-refractivity contribution is 6.05. The zero-order chi connectivity index (χ0) is 13.8. The smallest absolute Gasteiger partial charge is 0.416 e. The summed E-state index contributed by atoms with van der Waals surface area (Å²) in [5.74, 6) is -1.54. The van der Waals surface area contributed by atoms with Crippen LogP contribution in [0.1, 0.15) is 12.5 Å². The Morgan fingerprint density at radius 2 is 2.00 bits per heavy atom. The Labute approximate surface area is 111 Å². The molecule has 5 nitrogen and oxygen atoms in total. The lowest BCUT2D eigenvalue weighted by molar-refractivity contribution is -0.137. The average molecular weight is 261 g/mol. The Morgan fingerprint density at radius 1 is 1.32 bits per heavy atom. The summed E-state index contributed by atoms with van der Waals surface area (Å²) in [7, 11) is 0. The van der Waals surface area contributed by atoms with Gasteiger partial charge in [-0.05, 0) is 18.9 Å². The third kappa shape index (κ3) is 2.99. The molecule has 0 radical (unpaired) electrons. The first kappa shape index (κ1) is 13.3. The fraction of sp³-hybridized carbons (Fsp3) is 0.357. The van der Waals surface area contributed by atoms with Crippen molar-refractivity contribution in [2.45, 2.75) is 13.3 Å². The molecule has 19 heavy (non-hydrogen) atoms. The standard InChI is InChI=1S/C14H15NO4/c1-10(16)12(9-11-5-3-2-4-6-11)13(17)15-7-8-19-14(15)18/h2-6,12H,7-9H2,1H3. The molecule has 1 fully saturated rings. The minimum absolute atomic E-state index is 0.195. The van der Waals surface area contributed by atoms with Crippen LogP contribution in [-0.4, -0.2) is 35.8 Å². The summed E-state index contributed by atoms with van der Waals surface area (Å²) in [6, 6.07) is 9.27. The molecule has 0 aliphatic carbocycles. The topological polar surface area (TPSA) is 63.7 Å². The van der Waals surface area contributed by atoms with E-state index in [2.05, 4.69) is 0 Å². The number of carbonyl (C=O) groups excluding carboxylic acids is 3. The first-order chi connectivity index (χ1) is 9.09. The van der Waals surface area contributed by atoms with Crippen molar-refractivity contribution in [3.05, 3.63) is 35.9 Å². The van der Waals surface area contributed by atoms with Crippen LogP contribution in [0, 0.1) is 5.92 Å². The van der Waals surface area contributed by atoms with Crippen molar-refractivity contribution in [3.8, 4) is 0 Å². The Hall–Kier alpha value is -2.17. The van der Waals surface area contributed by atoms with Crippen LogP contribution >= 0.6 is 0 Å². The number of imide groups is 1. The van der Waals surface area contributed by atoms with Gasteiger partial charge < -0.3 is 4.74 Å². The van der Waals surface area contributed by atoms with Gasteiger partial charge in [-0.1, -0.05) is 30.3 Å². The van der Waals surface area contributed by atoms with E-state index in [4.69, 9.17) is 4.74 Å². The number of carbonyl (C=O) groups is 3. The van der Waals surface area contributed by atoms with Gasteiger partial charge in [-0.3, -0.25) is 9.59 Å². The van der Waals surface area contributed by atoms with Crippen molar-refractivity contribution >= 4 is 17.8 Å². The summed E-state index contributed by atoms with van der Waals surface area (Å²) in [4.78, 5) is 36.2. The summed E-state index contributed by atoms with van der Waals surface area (Å²) in [6.45, 7) is 1.78. The highest BCUT2D eigenvalue weighted by atomic mass is 16.6. The summed E-state index contributed by atoms with van der Waals surface area (Å²) in [5.41, 5.74) is 0.892. The fourth-order valence-corrected chi connectivity index (χ4v) is 2.04. The summed E-state index contributed by atoms with van der Waals surface area (Å²) >= 11 is 0. The molecular formula is C14H15NO4. The molecule has 1 heterocycles. The number of Topliss-reactive ketones (excluding diaryl/α,β-unsaturated/α-hetero) is 1. The van der Waals surface area contributed by atoms with Crippen LogP contribution < -0.4 is 0 Å². The number of amides is 2. The first-order valence-corrected chi connectivity index (χ1v) is 6.12. The zero-order valence-electron chi connectivity index (χ0n) is 10.7. The van der Waals surface area contributed by atoms with E-state index in [1.165, 1.54) is 6.92 Å². The van der Waals surface area contributed by atoms with E-state index in [9.17, 15) is 14.4 Å². The van der Waals surface area contributed by atoms with Crippen LogP contribution in [0.2, 0.25) is 0 Å². The SMILES string of the molecule is CC(=O)C(Cc1ccccc1)C(=O)N1CCOC1=O. The van der Waals surface area contributed by atoms with Crippen molar-refractivity contribution in [3.63, 3.8) is 0 Å². The zero-order valence-corrected chi connectivity index (χ0v) is 10.7. The monoisotopic (exact) mass is 261 g/mol. The van der Waals surface area contributed by atoms with E-state index in [1.807, 2.05) is 30.3 Å². The van der Waals surface area contributed by atoms with Crippen LogP contribution in [0.5, 0.6) is 0 Å². The Balaban J connectivity index is 2.14. The van der Waals surface area contributed by atoms with Gasteiger partial charge in [0.15, 0.2) is 0 Å². The molecule has 2 rings (SSSR count). The lowest BCUT2D eigenvalue weighted by atomic mass is 9.94. The largest absolute Gasteiger partial charge is 0.447 e. The van der Waals surface area contributed by atoms with Gasteiger partial charge >= 0.3 is 6.09 Å². The number of hydrogen-bond acceptors (Lipinski definition) is 4. The molecule has 0 bridgehead atoms. The molecule has 1 saturated heterocycles. The maximum Gasteiger partial charge on any atom is 0.416 e. The fourth-order valence-electron chi connectivity index (χ4n) is 2.04. The van der Waals surface area contributed by atoms with Gasteiger partial charge in [0, 0.05) is 0 Å². The Kier molecular flexibility index (Phi) is 3.94. The van der Waals surface area contributed by atoms with Crippen molar-refractivity contribution in [1.29, 1.82) is 0 Å². The average Bonchev–Trinajstić information content (AvgIpc) is 2.82. The Bertz CT molecular complexity index is 497. The second-order valence-electron chi connectivity index (χ2n) is 4.46. The maximum absolute atomic E-state index is 12.2. The predicted molar refractivity (Wildman–Crippen MR) is 67.4 cm³/mol. The van der Waals surface area contributed by atoms with Gasteiger partial charge in [0.05, 0.1) is 6.54 Å². The second-order valence-corrected chi connectivity index (χ2v) is 4.46. The van der Waals surface area contributed by atoms with Gasteiger partial charge in [0.2, 0.25) is 5.91 Å². The van der Waals surface area contributed by atoms with Gasteiger partial charge in [-0.2, -0.15) is 0 Å². The minimum atomic E-state index is -0.826. The van der Waals surface area contributed by atoms with Gasteiger partial charge in [-0.15, -0.1) is 0 Å². The molecule has 100 valence electrons. The van der Waals surface area contributed by atoms with Crippen molar-refractivity contribution in [1.82, 2.24) is 4.90 Å². The lowest BCUT2D eigenvalue weighted by Crippen LogP contribution is -2.40. The van der Waals surface area contributed by atoms with Crippen LogP contribution in [0.3, 0.4) is 0 Å². The Morgan fingerprint density at radius 3 is 2.53 bits per heavy atom. The van der Waals surface area contributed by atoms with Gasteiger partial charge in [-0.25, -0.2) is 9.69 Å². The van der Waals surface area contributed by atoms with Crippen LogP contribution in [0.4, 0.5) is 4.79 Å². The third-order valence-corrected chi connectivity index (χ3v) is 3.10. The molecule has 0 aromatic heterocycles. The molecule has 1 aliphatic rings.